The van der Waals surface area contributed by atoms with E-state index in [1.165, 1.54) is 12.4 Å². The van der Waals surface area contributed by atoms with Gasteiger partial charge in [0.25, 0.3) is 5.91 Å². The molecule has 2 amide bonds. The third-order valence-corrected chi connectivity index (χ3v) is 3.15. The van der Waals surface area contributed by atoms with Gasteiger partial charge in [-0.15, -0.1) is 0 Å². The average molecular weight is 269 g/mol. The zero-order valence-corrected chi connectivity index (χ0v) is 11.0. The molecule has 3 N–H and O–H groups in total. The number of benzene rings is 1. The molecule has 0 aliphatic carbocycles. The summed E-state index contributed by atoms with van der Waals surface area (Å²) in [6.45, 7) is 1.59. The van der Waals surface area contributed by atoms with Crippen LogP contribution in [0.1, 0.15) is 22.8 Å². The van der Waals surface area contributed by atoms with Gasteiger partial charge >= 0.3 is 0 Å². The Labute approximate surface area is 116 Å². The van der Waals surface area contributed by atoms with Crippen LogP contribution in [0, 0.1) is 0 Å². The van der Waals surface area contributed by atoms with Gasteiger partial charge in [0.15, 0.2) is 0 Å². The molecule has 0 saturated carbocycles. The lowest BCUT2D eigenvalue weighted by molar-refractivity contribution is -0.123. The molecule has 2 aromatic rings. The van der Waals surface area contributed by atoms with Crippen molar-refractivity contribution in [2.24, 2.45) is 5.73 Å². The summed E-state index contributed by atoms with van der Waals surface area (Å²) in [6.07, 6.45) is 3.03. The fourth-order valence-corrected chi connectivity index (χ4v) is 1.85. The first-order valence-electron chi connectivity index (χ1n) is 6.12. The van der Waals surface area contributed by atoms with E-state index in [1.54, 1.807) is 43.3 Å². The molecule has 0 radical (unpaired) electrons. The summed E-state index contributed by atoms with van der Waals surface area (Å²) in [5.74, 6) is -0.997. The minimum atomic E-state index is -1.26. The van der Waals surface area contributed by atoms with E-state index in [-0.39, 0.29) is 5.91 Å². The van der Waals surface area contributed by atoms with Crippen molar-refractivity contribution >= 4 is 11.8 Å². The summed E-state index contributed by atoms with van der Waals surface area (Å²) in [4.78, 5) is 27.8. The third-order valence-electron chi connectivity index (χ3n) is 3.15. The zero-order chi connectivity index (χ0) is 14.6. The van der Waals surface area contributed by atoms with E-state index in [2.05, 4.69) is 10.3 Å². The second-order valence-corrected chi connectivity index (χ2v) is 4.55. The summed E-state index contributed by atoms with van der Waals surface area (Å²) in [5.41, 5.74) is 5.26. The first-order chi connectivity index (χ1) is 9.54. The number of amides is 2. The molecule has 0 aliphatic heterocycles. The first-order valence-corrected chi connectivity index (χ1v) is 6.12. The van der Waals surface area contributed by atoms with Gasteiger partial charge in [-0.05, 0) is 24.6 Å². The molecule has 5 nitrogen and oxygen atoms in total. The van der Waals surface area contributed by atoms with E-state index in [0.717, 1.165) is 0 Å². The molecule has 1 heterocycles. The molecule has 0 aliphatic rings. The van der Waals surface area contributed by atoms with E-state index in [9.17, 15) is 9.59 Å². The van der Waals surface area contributed by atoms with Crippen LogP contribution in [0.4, 0.5) is 0 Å². The monoisotopic (exact) mass is 269 g/mol. The Bertz CT molecular complexity index is 614. The van der Waals surface area contributed by atoms with Crippen LogP contribution in [0.25, 0.3) is 0 Å². The lowest BCUT2D eigenvalue weighted by Crippen LogP contribution is -2.52. The largest absolute Gasteiger partial charge is 0.367 e. The minimum Gasteiger partial charge on any atom is -0.367 e. The van der Waals surface area contributed by atoms with Crippen LogP contribution in [-0.4, -0.2) is 16.8 Å². The van der Waals surface area contributed by atoms with Gasteiger partial charge in [-0.2, -0.15) is 0 Å². The molecule has 2 rings (SSSR count). The molecule has 102 valence electrons. The second-order valence-electron chi connectivity index (χ2n) is 4.55. The number of hydrogen-bond donors (Lipinski definition) is 2. The topological polar surface area (TPSA) is 85.1 Å². The van der Waals surface area contributed by atoms with E-state index >= 15 is 0 Å². The van der Waals surface area contributed by atoms with Crippen LogP contribution in [-0.2, 0) is 10.3 Å². The average Bonchev–Trinajstić information content (AvgIpc) is 2.48. The summed E-state index contributed by atoms with van der Waals surface area (Å²) < 4.78 is 0. The molecular weight excluding hydrogens is 254 g/mol. The Morgan fingerprint density at radius 3 is 2.25 bits per heavy atom. The Kier molecular flexibility index (Phi) is 3.79. The Hall–Kier alpha value is -2.69. The van der Waals surface area contributed by atoms with Gasteiger partial charge in [-0.3, -0.25) is 14.6 Å². The molecule has 20 heavy (non-hydrogen) atoms. The van der Waals surface area contributed by atoms with E-state index < -0.39 is 11.4 Å². The summed E-state index contributed by atoms with van der Waals surface area (Å²) in [5, 5.41) is 2.68. The molecule has 1 aromatic heterocycles. The molecule has 0 spiro atoms. The highest BCUT2D eigenvalue weighted by Gasteiger charge is 2.35. The van der Waals surface area contributed by atoms with Gasteiger partial charge in [-0.1, -0.05) is 30.3 Å². The number of nitrogens with one attached hydrogen (secondary N) is 1. The highest BCUT2D eigenvalue weighted by molar-refractivity contribution is 5.99. The van der Waals surface area contributed by atoms with Crippen molar-refractivity contribution in [3.63, 3.8) is 0 Å². The summed E-state index contributed by atoms with van der Waals surface area (Å²) in [7, 11) is 0. The minimum absolute atomic E-state index is 0.377. The zero-order valence-electron chi connectivity index (χ0n) is 11.0. The van der Waals surface area contributed by atoms with Crippen molar-refractivity contribution < 1.29 is 9.59 Å². The Morgan fingerprint density at radius 1 is 1.10 bits per heavy atom. The SMILES string of the molecule is CC(NC(=O)c1ccncc1)(C(N)=O)c1ccccc1. The number of carbonyl (C=O) groups excluding carboxylic acids is 2. The predicted octanol–water partition coefficient (Wildman–Crippen LogP) is 1.21. The predicted molar refractivity (Wildman–Crippen MR) is 74.7 cm³/mol. The highest BCUT2D eigenvalue weighted by Crippen LogP contribution is 2.20. The molecule has 0 fully saturated rings. The molecule has 1 aromatic carbocycles. The van der Waals surface area contributed by atoms with Gasteiger partial charge in [0.05, 0.1) is 0 Å². The number of primary amides is 1. The van der Waals surface area contributed by atoms with Crippen molar-refractivity contribution in [2.75, 3.05) is 0 Å². The number of carbonyl (C=O) groups is 2. The standard InChI is InChI=1S/C15H15N3O2/c1-15(14(16)20,12-5-3-2-4-6-12)18-13(19)11-7-9-17-10-8-11/h2-10H,1H3,(H2,16,20)(H,18,19). The first kappa shape index (κ1) is 13.7. The quantitative estimate of drug-likeness (QED) is 0.875. The van der Waals surface area contributed by atoms with Crippen LogP contribution < -0.4 is 11.1 Å². The van der Waals surface area contributed by atoms with Crippen molar-refractivity contribution in [3.05, 3.63) is 66.0 Å². The van der Waals surface area contributed by atoms with Crippen LogP contribution in [0.15, 0.2) is 54.9 Å². The molecule has 0 saturated heterocycles. The molecule has 0 bridgehead atoms. The number of nitrogens with two attached hydrogens (primary N) is 1. The van der Waals surface area contributed by atoms with Crippen LogP contribution >= 0.6 is 0 Å². The summed E-state index contributed by atoms with van der Waals surface area (Å²) in [6, 6.07) is 12.0. The number of rotatable bonds is 4. The lowest BCUT2D eigenvalue weighted by Gasteiger charge is -2.28. The Balaban J connectivity index is 2.32. The summed E-state index contributed by atoms with van der Waals surface area (Å²) >= 11 is 0. The number of hydrogen-bond acceptors (Lipinski definition) is 3. The maximum absolute atomic E-state index is 12.2. The Morgan fingerprint density at radius 2 is 1.70 bits per heavy atom. The molecule has 1 atom stereocenters. The molecule has 5 heteroatoms. The highest BCUT2D eigenvalue weighted by atomic mass is 16.2. The van der Waals surface area contributed by atoms with Crippen molar-refractivity contribution in [2.45, 2.75) is 12.5 Å². The van der Waals surface area contributed by atoms with Gasteiger partial charge in [0, 0.05) is 18.0 Å². The van der Waals surface area contributed by atoms with Crippen LogP contribution in [0.5, 0.6) is 0 Å². The van der Waals surface area contributed by atoms with Crippen LogP contribution in [0.2, 0.25) is 0 Å². The smallest absolute Gasteiger partial charge is 0.252 e. The van der Waals surface area contributed by atoms with Crippen molar-refractivity contribution in [1.29, 1.82) is 0 Å². The van der Waals surface area contributed by atoms with Crippen molar-refractivity contribution in [1.82, 2.24) is 10.3 Å². The fourth-order valence-electron chi connectivity index (χ4n) is 1.85. The fraction of sp³-hybridized carbons (Fsp3) is 0.133. The maximum atomic E-state index is 12.2. The van der Waals surface area contributed by atoms with E-state index in [4.69, 9.17) is 5.73 Å². The second kappa shape index (κ2) is 5.52. The van der Waals surface area contributed by atoms with E-state index in [1.807, 2.05) is 6.07 Å². The number of pyridine rings is 1. The van der Waals surface area contributed by atoms with Gasteiger partial charge in [-0.25, -0.2) is 0 Å². The van der Waals surface area contributed by atoms with Crippen molar-refractivity contribution in [3.8, 4) is 0 Å². The lowest BCUT2D eigenvalue weighted by atomic mass is 9.91. The number of aromatic nitrogens is 1. The number of nitrogens with zero attached hydrogens (tertiary/aromatic N) is 1. The van der Waals surface area contributed by atoms with Gasteiger partial charge in [0.1, 0.15) is 5.54 Å². The maximum Gasteiger partial charge on any atom is 0.252 e. The van der Waals surface area contributed by atoms with Crippen LogP contribution in [0.3, 0.4) is 0 Å². The van der Waals surface area contributed by atoms with Gasteiger partial charge < -0.3 is 11.1 Å². The molecular formula is C15H15N3O2. The van der Waals surface area contributed by atoms with E-state index in [0.29, 0.717) is 11.1 Å². The van der Waals surface area contributed by atoms with Gasteiger partial charge in [0.2, 0.25) is 5.91 Å². The molecule has 1 unspecified atom stereocenters. The normalized spacial score (nSPS) is 13.2. The third kappa shape index (κ3) is 2.66.